The molecule has 34 heavy (non-hydrogen) atoms. The number of hydrogen-bond donors (Lipinski definition) is 2. The van der Waals surface area contributed by atoms with Gasteiger partial charge >= 0.3 is 0 Å². The second kappa shape index (κ2) is 9.37. The number of ketones is 1. The summed E-state index contributed by atoms with van der Waals surface area (Å²) in [6.07, 6.45) is 3.36. The molecule has 0 saturated heterocycles. The summed E-state index contributed by atoms with van der Waals surface area (Å²) in [5, 5.41) is 6.70. The summed E-state index contributed by atoms with van der Waals surface area (Å²) in [6, 6.07) is 22.3. The number of carbonyl (C=O) groups is 2. The summed E-state index contributed by atoms with van der Waals surface area (Å²) in [5.41, 5.74) is 3.26. The Morgan fingerprint density at radius 2 is 1.65 bits per heavy atom. The Bertz CT molecular complexity index is 1360. The zero-order chi connectivity index (χ0) is 23.5. The molecule has 3 aromatic carbocycles. The zero-order valence-electron chi connectivity index (χ0n) is 18.0. The standard InChI is InChI=1S/C27H20ClN3O3/c28-20-9-10-24-22(15-20)31-25(21-3-1-2-4-23(21)34-24)26(32)18-5-7-19(8-6-18)27(33)30-16-17-11-13-29-14-12-17/h1-15,25,31H,16H2,(H,30,33). The van der Waals surface area contributed by atoms with Crippen LogP contribution in [0.25, 0.3) is 0 Å². The molecule has 0 bridgehead atoms. The number of ether oxygens (including phenoxy) is 1. The van der Waals surface area contributed by atoms with Gasteiger partial charge in [-0.25, -0.2) is 0 Å². The fraction of sp³-hybridized carbons (Fsp3) is 0.0741. The van der Waals surface area contributed by atoms with Gasteiger partial charge in [-0.3, -0.25) is 14.6 Å². The van der Waals surface area contributed by atoms with Crippen LogP contribution >= 0.6 is 11.6 Å². The molecular weight excluding hydrogens is 450 g/mol. The molecular formula is C27H20ClN3O3. The lowest BCUT2D eigenvalue weighted by atomic mass is 9.96. The highest BCUT2D eigenvalue weighted by Gasteiger charge is 2.29. The third-order valence-electron chi connectivity index (χ3n) is 5.59. The molecule has 0 fully saturated rings. The van der Waals surface area contributed by atoms with Crippen molar-refractivity contribution in [3.8, 4) is 11.5 Å². The van der Waals surface area contributed by atoms with Gasteiger partial charge in [-0.1, -0.05) is 41.9 Å². The van der Waals surface area contributed by atoms with Gasteiger partial charge in [0.2, 0.25) is 0 Å². The van der Waals surface area contributed by atoms with Crippen molar-refractivity contribution in [1.29, 1.82) is 0 Å². The van der Waals surface area contributed by atoms with Gasteiger partial charge in [0.05, 0.1) is 5.69 Å². The SMILES string of the molecule is O=C(NCc1ccncc1)c1ccc(C(=O)C2Nc3cc(Cl)ccc3Oc3ccccc32)cc1. The van der Waals surface area contributed by atoms with Crippen LogP contribution in [0.5, 0.6) is 11.5 Å². The number of carbonyl (C=O) groups excluding carboxylic acids is 2. The molecule has 168 valence electrons. The number of fused-ring (bicyclic) bond motifs is 2. The Balaban J connectivity index is 1.37. The molecule has 1 atom stereocenters. The minimum Gasteiger partial charge on any atom is -0.455 e. The molecule has 0 spiro atoms. The Kier molecular flexibility index (Phi) is 5.97. The van der Waals surface area contributed by atoms with E-state index in [0.717, 1.165) is 11.1 Å². The normalized spacial score (nSPS) is 14.0. The van der Waals surface area contributed by atoms with Gasteiger partial charge in [0.15, 0.2) is 11.5 Å². The van der Waals surface area contributed by atoms with Gasteiger partial charge in [0.1, 0.15) is 11.8 Å². The molecule has 1 aromatic heterocycles. The first-order chi connectivity index (χ1) is 16.6. The molecule has 0 aliphatic carbocycles. The summed E-state index contributed by atoms with van der Waals surface area (Å²) in [6.45, 7) is 0.396. The number of nitrogens with one attached hydrogen (secondary N) is 2. The van der Waals surface area contributed by atoms with Crippen molar-refractivity contribution in [3.05, 3.63) is 119 Å². The fourth-order valence-corrected chi connectivity index (χ4v) is 3.98. The number of amides is 1. The van der Waals surface area contributed by atoms with Gasteiger partial charge in [0, 0.05) is 40.7 Å². The Hall–Kier alpha value is -4.16. The first-order valence-corrected chi connectivity index (χ1v) is 11.1. The topological polar surface area (TPSA) is 80.3 Å². The van der Waals surface area contributed by atoms with Crippen LogP contribution in [0.15, 0.2) is 91.3 Å². The van der Waals surface area contributed by atoms with Crippen molar-refractivity contribution < 1.29 is 14.3 Å². The highest BCUT2D eigenvalue weighted by molar-refractivity contribution is 6.31. The Morgan fingerprint density at radius 1 is 0.912 bits per heavy atom. The molecule has 0 radical (unpaired) electrons. The van der Waals surface area contributed by atoms with E-state index in [2.05, 4.69) is 15.6 Å². The van der Waals surface area contributed by atoms with E-state index in [-0.39, 0.29) is 11.7 Å². The first-order valence-electron chi connectivity index (χ1n) is 10.7. The second-order valence-electron chi connectivity index (χ2n) is 7.84. The molecule has 2 heterocycles. The molecule has 1 unspecified atom stereocenters. The van der Waals surface area contributed by atoms with Crippen LogP contribution in [-0.4, -0.2) is 16.7 Å². The van der Waals surface area contributed by atoms with E-state index in [0.29, 0.717) is 39.9 Å². The fourth-order valence-electron chi connectivity index (χ4n) is 3.81. The zero-order valence-corrected chi connectivity index (χ0v) is 18.8. The maximum absolute atomic E-state index is 13.5. The number of rotatable bonds is 5. The van der Waals surface area contributed by atoms with Gasteiger partial charge in [-0.15, -0.1) is 0 Å². The average Bonchev–Trinajstić information content (AvgIpc) is 3.04. The van der Waals surface area contributed by atoms with Crippen LogP contribution in [0.2, 0.25) is 5.02 Å². The molecule has 7 heteroatoms. The predicted octanol–water partition coefficient (Wildman–Crippen LogP) is 5.81. The third-order valence-corrected chi connectivity index (χ3v) is 5.82. The quantitative estimate of drug-likeness (QED) is 0.361. The lowest BCUT2D eigenvalue weighted by Crippen LogP contribution is -2.23. The average molecular weight is 470 g/mol. The number of para-hydroxylation sites is 1. The molecule has 4 aromatic rings. The lowest BCUT2D eigenvalue weighted by Gasteiger charge is -2.18. The minimum absolute atomic E-state index is 0.146. The number of aromatic nitrogens is 1. The number of Topliss-reactive ketones (excluding diaryl/α,β-unsaturated/α-hetero) is 1. The molecule has 2 N–H and O–H groups in total. The molecule has 1 aliphatic rings. The number of nitrogens with zero attached hydrogens (tertiary/aromatic N) is 1. The minimum atomic E-state index is -0.678. The van der Waals surface area contributed by atoms with Crippen LogP contribution in [-0.2, 0) is 6.54 Å². The van der Waals surface area contributed by atoms with Gasteiger partial charge in [-0.2, -0.15) is 0 Å². The van der Waals surface area contributed by atoms with E-state index in [1.54, 1.807) is 54.9 Å². The number of hydrogen-bond acceptors (Lipinski definition) is 5. The highest BCUT2D eigenvalue weighted by atomic mass is 35.5. The number of pyridine rings is 1. The number of halogens is 1. The van der Waals surface area contributed by atoms with Crippen LogP contribution in [0.1, 0.15) is 37.9 Å². The van der Waals surface area contributed by atoms with E-state index >= 15 is 0 Å². The summed E-state index contributed by atoms with van der Waals surface area (Å²) < 4.78 is 6.06. The van der Waals surface area contributed by atoms with Crippen molar-refractivity contribution in [2.45, 2.75) is 12.6 Å². The van der Waals surface area contributed by atoms with Crippen molar-refractivity contribution in [1.82, 2.24) is 10.3 Å². The summed E-state index contributed by atoms with van der Waals surface area (Å²) in [7, 11) is 0. The van der Waals surface area contributed by atoms with Gasteiger partial charge in [-0.05, 0) is 54.1 Å². The maximum atomic E-state index is 13.5. The van der Waals surface area contributed by atoms with E-state index < -0.39 is 6.04 Å². The summed E-state index contributed by atoms with van der Waals surface area (Å²) >= 11 is 6.18. The van der Waals surface area contributed by atoms with Crippen LogP contribution in [0.4, 0.5) is 5.69 Å². The second-order valence-corrected chi connectivity index (χ2v) is 8.27. The molecule has 1 amide bonds. The van der Waals surface area contributed by atoms with E-state index in [9.17, 15) is 9.59 Å². The molecule has 6 nitrogen and oxygen atoms in total. The van der Waals surface area contributed by atoms with E-state index in [1.165, 1.54) is 0 Å². The van der Waals surface area contributed by atoms with Crippen LogP contribution < -0.4 is 15.4 Å². The Labute approximate surface area is 201 Å². The maximum Gasteiger partial charge on any atom is 0.251 e. The number of anilines is 1. The smallest absolute Gasteiger partial charge is 0.251 e. The third kappa shape index (κ3) is 4.49. The van der Waals surface area contributed by atoms with Gasteiger partial charge < -0.3 is 15.4 Å². The number of benzene rings is 3. The van der Waals surface area contributed by atoms with Gasteiger partial charge in [0.25, 0.3) is 5.91 Å². The molecule has 5 rings (SSSR count). The van der Waals surface area contributed by atoms with E-state index in [1.807, 2.05) is 36.4 Å². The summed E-state index contributed by atoms with van der Waals surface area (Å²) in [4.78, 5) is 30.0. The van der Waals surface area contributed by atoms with Crippen molar-refractivity contribution in [3.63, 3.8) is 0 Å². The lowest BCUT2D eigenvalue weighted by molar-refractivity contribution is 0.0945. The molecule has 0 saturated carbocycles. The van der Waals surface area contributed by atoms with Crippen LogP contribution in [0, 0.1) is 0 Å². The largest absolute Gasteiger partial charge is 0.455 e. The monoisotopic (exact) mass is 469 g/mol. The van der Waals surface area contributed by atoms with E-state index in [4.69, 9.17) is 16.3 Å². The van der Waals surface area contributed by atoms with Crippen molar-refractivity contribution >= 4 is 29.0 Å². The van der Waals surface area contributed by atoms with Crippen molar-refractivity contribution in [2.24, 2.45) is 0 Å². The Morgan fingerprint density at radius 3 is 2.44 bits per heavy atom. The van der Waals surface area contributed by atoms with Crippen LogP contribution in [0.3, 0.4) is 0 Å². The molecule has 1 aliphatic heterocycles. The highest BCUT2D eigenvalue weighted by Crippen LogP contribution is 2.42. The predicted molar refractivity (Wildman–Crippen MR) is 131 cm³/mol. The first kappa shape index (κ1) is 21.7. The summed E-state index contributed by atoms with van der Waals surface area (Å²) in [5.74, 6) is 0.827. The van der Waals surface area contributed by atoms with Crippen molar-refractivity contribution in [2.75, 3.05) is 5.32 Å².